The SMILES string of the molecule is CC(C)C[C@H](NC(=O)OCc1cccc(C(F)(F)F)c1)C(=O)N[C@@H](C[C@@H]1CCNC1=O)C(O)S(=O)(=O)O.[Na]. The summed E-state index contributed by atoms with van der Waals surface area (Å²) in [7, 11) is -5.01. The van der Waals surface area contributed by atoms with E-state index in [1.54, 1.807) is 13.8 Å². The Bertz CT molecular complexity index is 1090. The van der Waals surface area contributed by atoms with E-state index in [1.165, 1.54) is 6.07 Å². The predicted octanol–water partition coefficient (Wildman–Crippen LogP) is 1.18. The Labute approximate surface area is 240 Å². The van der Waals surface area contributed by atoms with Crippen molar-refractivity contribution >= 4 is 57.6 Å². The topological polar surface area (TPSA) is 171 Å². The van der Waals surface area contributed by atoms with E-state index >= 15 is 0 Å². The number of alkyl halides is 3. The molecule has 0 bridgehead atoms. The average Bonchev–Trinajstić information content (AvgIpc) is 3.19. The van der Waals surface area contributed by atoms with Gasteiger partial charge >= 0.3 is 12.3 Å². The first-order valence-corrected chi connectivity index (χ1v) is 12.9. The molecule has 38 heavy (non-hydrogen) atoms. The van der Waals surface area contributed by atoms with Gasteiger partial charge in [-0.3, -0.25) is 14.1 Å². The van der Waals surface area contributed by atoms with Gasteiger partial charge in [0.15, 0.2) is 0 Å². The van der Waals surface area contributed by atoms with Gasteiger partial charge in [-0.25, -0.2) is 4.79 Å². The number of benzene rings is 1. The summed E-state index contributed by atoms with van der Waals surface area (Å²) in [5.41, 5.74) is -3.30. The minimum Gasteiger partial charge on any atom is -0.445 e. The smallest absolute Gasteiger partial charge is 0.416 e. The van der Waals surface area contributed by atoms with Crippen LogP contribution >= 0.6 is 0 Å². The van der Waals surface area contributed by atoms with Crippen molar-refractivity contribution in [2.24, 2.45) is 11.8 Å². The Balaban J connectivity index is 0.00000722. The molecule has 4 atom stereocenters. The number of aliphatic hydroxyl groups is 1. The molecule has 0 aromatic heterocycles. The maximum atomic E-state index is 12.9. The van der Waals surface area contributed by atoms with Crippen LogP contribution in [0.5, 0.6) is 0 Å². The van der Waals surface area contributed by atoms with Crippen LogP contribution in [0.3, 0.4) is 0 Å². The molecular weight excluding hydrogens is 546 g/mol. The van der Waals surface area contributed by atoms with Crippen molar-refractivity contribution in [3.8, 4) is 0 Å². The minimum atomic E-state index is -5.01. The Kier molecular flexibility index (Phi) is 13.0. The molecule has 0 spiro atoms. The number of carbonyl (C=O) groups is 3. The van der Waals surface area contributed by atoms with Gasteiger partial charge in [0.1, 0.15) is 12.6 Å². The summed E-state index contributed by atoms with van der Waals surface area (Å²) in [6.45, 7) is 3.25. The van der Waals surface area contributed by atoms with Gasteiger partial charge in [0.2, 0.25) is 17.3 Å². The molecule has 0 saturated carbocycles. The number of hydrogen-bond acceptors (Lipinski definition) is 7. The van der Waals surface area contributed by atoms with Crippen LogP contribution in [0.15, 0.2) is 24.3 Å². The number of carbonyl (C=O) groups excluding carboxylic acids is 3. The summed E-state index contributed by atoms with van der Waals surface area (Å²) in [6.07, 6.45) is -5.64. The van der Waals surface area contributed by atoms with E-state index in [0.29, 0.717) is 13.0 Å². The van der Waals surface area contributed by atoms with Gasteiger partial charge < -0.3 is 25.8 Å². The maximum Gasteiger partial charge on any atom is 0.416 e. The van der Waals surface area contributed by atoms with Gasteiger partial charge in [-0.05, 0) is 42.9 Å². The summed E-state index contributed by atoms with van der Waals surface area (Å²) in [4.78, 5) is 37.2. The van der Waals surface area contributed by atoms with Crippen LogP contribution in [-0.4, -0.2) is 89.6 Å². The molecule has 1 fully saturated rings. The Morgan fingerprint density at radius 1 is 1.24 bits per heavy atom. The van der Waals surface area contributed by atoms with Crippen LogP contribution in [0.4, 0.5) is 18.0 Å². The molecule has 0 aliphatic carbocycles. The van der Waals surface area contributed by atoms with E-state index in [9.17, 15) is 45.6 Å². The zero-order valence-electron chi connectivity index (χ0n) is 21.1. The summed E-state index contributed by atoms with van der Waals surface area (Å²) in [5.74, 6) is -2.21. The number of rotatable bonds is 11. The Hall–Kier alpha value is -1.91. The number of nitrogens with one attached hydrogen (secondary N) is 3. The quantitative estimate of drug-likeness (QED) is 0.193. The van der Waals surface area contributed by atoms with E-state index in [0.717, 1.165) is 18.2 Å². The van der Waals surface area contributed by atoms with Crippen molar-refractivity contribution < 1.29 is 50.4 Å². The molecule has 1 unspecified atom stereocenters. The zero-order chi connectivity index (χ0) is 28.0. The number of hydrogen-bond donors (Lipinski definition) is 5. The molecule has 1 heterocycles. The molecule has 5 N–H and O–H groups in total. The standard InChI is InChI=1S/C22H30F3N3O8S.Na/c1-12(2)8-16(28-21(32)36-11-13-4-3-5-15(9-13)22(23,24)25)19(30)27-17(20(31)37(33,34)35)10-14-6-7-26-18(14)29;/h3-5,9,12,14,16-17,20,31H,6-8,10-11H2,1-2H3,(H,26,29)(H,27,30)(H,28,32)(H,33,34,35);/t14-,16-,17-,20?;/m0./s1. The van der Waals surface area contributed by atoms with Crippen LogP contribution in [-0.2, 0) is 37.2 Å². The van der Waals surface area contributed by atoms with Gasteiger partial charge in [-0.1, -0.05) is 26.0 Å². The summed E-state index contributed by atoms with van der Waals surface area (Å²) in [6, 6.07) is 1.28. The Morgan fingerprint density at radius 3 is 2.42 bits per heavy atom. The van der Waals surface area contributed by atoms with Crippen molar-refractivity contribution in [3.63, 3.8) is 0 Å². The van der Waals surface area contributed by atoms with Gasteiger partial charge in [-0.2, -0.15) is 21.6 Å². The molecule has 16 heteroatoms. The second kappa shape index (κ2) is 14.5. The van der Waals surface area contributed by atoms with Crippen molar-refractivity contribution in [1.82, 2.24) is 16.0 Å². The first-order valence-electron chi connectivity index (χ1n) is 11.4. The van der Waals surface area contributed by atoms with Crippen LogP contribution in [0.2, 0.25) is 0 Å². The van der Waals surface area contributed by atoms with Crippen LogP contribution in [0, 0.1) is 11.8 Å². The molecule has 1 radical (unpaired) electrons. The molecule has 11 nitrogen and oxygen atoms in total. The van der Waals surface area contributed by atoms with Gasteiger partial charge in [-0.15, -0.1) is 0 Å². The van der Waals surface area contributed by atoms with Crippen molar-refractivity contribution in [3.05, 3.63) is 35.4 Å². The maximum absolute atomic E-state index is 12.9. The zero-order valence-corrected chi connectivity index (χ0v) is 23.9. The molecule has 209 valence electrons. The summed E-state index contributed by atoms with van der Waals surface area (Å²) in [5, 5.41) is 17.2. The van der Waals surface area contributed by atoms with Crippen molar-refractivity contribution in [2.45, 2.75) is 63.4 Å². The number of halogens is 3. The average molecular weight is 577 g/mol. The van der Waals surface area contributed by atoms with E-state index in [4.69, 9.17) is 4.74 Å². The van der Waals surface area contributed by atoms with Crippen LogP contribution in [0.1, 0.15) is 44.2 Å². The van der Waals surface area contributed by atoms with E-state index in [2.05, 4.69) is 16.0 Å². The van der Waals surface area contributed by atoms with Crippen LogP contribution < -0.4 is 16.0 Å². The third-order valence-electron chi connectivity index (χ3n) is 5.62. The molecule has 1 saturated heterocycles. The van der Waals surface area contributed by atoms with Crippen molar-refractivity contribution in [2.75, 3.05) is 6.54 Å². The molecule has 1 aromatic carbocycles. The number of ether oxygens (including phenoxy) is 1. The summed E-state index contributed by atoms with van der Waals surface area (Å²) < 4.78 is 75.9. The van der Waals surface area contributed by atoms with Gasteiger partial charge in [0.25, 0.3) is 10.1 Å². The van der Waals surface area contributed by atoms with Gasteiger partial charge in [0, 0.05) is 42.0 Å². The molecule has 1 aliphatic heterocycles. The van der Waals surface area contributed by atoms with Crippen molar-refractivity contribution in [1.29, 1.82) is 0 Å². The molecular formula is C22H30F3N3NaO8S. The predicted molar refractivity (Wildman–Crippen MR) is 129 cm³/mol. The van der Waals surface area contributed by atoms with Gasteiger partial charge in [0.05, 0.1) is 11.6 Å². The Morgan fingerprint density at radius 2 is 1.89 bits per heavy atom. The monoisotopic (exact) mass is 576 g/mol. The molecule has 3 amide bonds. The minimum absolute atomic E-state index is 0. The number of amides is 3. The molecule has 1 aliphatic rings. The van der Waals surface area contributed by atoms with Crippen LogP contribution in [0.25, 0.3) is 0 Å². The number of alkyl carbamates (subject to hydrolysis) is 1. The first-order chi connectivity index (χ1) is 17.1. The number of aliphatic hydroxyl groups excluding tert-OH is 1. The normalized spacial score (nSPS) is 18.1. The van der Waals surface area contributed by atoms with E-state index in [-0.39, 0.29) is 53.9 Å². The molecule has 1 aromatic rings. The fourth-order valence-corrected chi connectivity index (χ4v) is 4.38. The second-order valence-corrected chi connectivity index (χ2v) is 10.6. The molecule has 2 rings (SSSR count). The largest absolute Gasteiger partial charge is 0.445 e. The fourth-order valence-electron chi connectivity index (χ4n) is 3.79. The summed E-state index contributed by atoms with van der Waals surface area (Å²) >= 11 is 0. The second-order valence-electron chi connectivity index (χ2n) is 9.13. The third kappa shape index (κ3) is 10.7. The third-order valence-corrected chi connectivity index (χ3v) is 6.56. The fraction of sp³-hybridized carbons (Fsp3) is 0.591. The van der Waals surface area contributed by atoms with E-state index < -0.39 is 69.8 Å². The first kappa shape index (κ1) is 34.1. The van der Waals surface area contributed by atoms with E-state index in [1.807, 2.05) is 0 Å².